The Labute approximate surface area is 236 Å². The number of carbonyl (C=O) groups excluding carboxylic acids is 4. The second-order valence-corrected chi connectivity index (χ2v) is 10.3. The van der Waals surface area contributed by atoms with Crippen LogP contribution in [0.1, 0.15) is 21.5 Å². The maximum Gasteiger partial charge on any atom is 0.335 e. The normalized spacial score (nSPS) is 22.2. The lowest BCUT2D eigenvalue weighted by Crippen LogP contribution is -2.50. The first-order valence-corrected chi connectivity index (χ1v) is 13.4. The number of ether oxygens (including phenoxy) is 1. The van der Waals surface area contributed by atoms with Gasteiger partial charge in [-0.3, -0.25) is 14.4 Å². The minimum atomic E-state index is -1.02. The summed E-state index contributed by atoms with van der Waals surface area (Å²) in [6.07, 6.45) is 3.84. The second-order valence-electron chi connectivity index (χ2n) is 10.3. The van der Waals surface area contributed by atoms with E-state index in [0.29, 0.717) is 16.8 Å². The van der Waals surface area contributed by atoms with Crippen molar-refractivity contribution in [3.8, 4) is 5.75 Å². The minimum absolute atomic E-state index is 0.141. The average Bonchev–Trinajstić information content (AvgIpc) is 3.50. The molecule has 2 fully saturated rings. The number of carbonyl (C=O) groups is 4. The predicted molar refractivity (Wildman–Crippen MR) is 153 cm³/mol. The smallest absolute Gasteiger partial charge is 0.335 e. The summed E-state index contributed by atoms with van der Waals surface area (Å²) in [5.41, 5.74) is 3.17. The van der Waals surface area contributed by atoms with Crippen LogP contribution in [0.3, 0.4) is 0 Å². The Balaban J connectivity index is 1.22. The zero-order valence-electron chi connectivity index (χ0n) is 21.8. The Hall–Kier alpha value is -5.30. The number of anilines is 2. The van der Waals surface area contributed by atoms with E-state index >= 15 is 0 Å². The Morgan fingerprint density at radius 3 is 2.00 bits per heavy atom. The van der Waals surface area contributed by atoms with Crippen LogP contribution in [-0.4, -0.2) is 35.7 Å². The minimum Gasteiger partial charge on any atom is -0.425 e. The molecular formula is C34H24N2O5. The van der Waals surface area contributed by atoms with E-state index in [9.17, 15) is 19.2 Å². The third kappa shape index (κ3) is 3.97. The molecule has 0 aliphatic carbocycles. The van der Waals surface area contributed by atoms with Crippen LogP contribution in [0.5, 0.6) is 5.75 Å². The molecule has 2 saturated heterocycles. The number of nitrogens with zero attached hydrogens (tertiary/aromatic N) is 2. The molecule has 0 radical (unpaired) electrons. The second kappa shape index (κ2) is 9.71. The molecule has 200 valence electrons. The van der Waals surface area contributed by atoms with E-state index in [-0.39, 0.29) is 17.4 Å². The molecule has 0 N–H and O–H groups in total. The van der Waals surface area contributed by atoms with Crippen molar-refractivity contribution in [1.29, 1.82) is 0 Å². The van der Waals surface area contributed by atoms with Crippen LogP contribution in [0.4, 0.5) is 11.4 Å². The van der Waals surface area contributed by atoms with Crippen molar-refractivity contribution in [1.82, 2.24) is 0 Å². The zero-order valence-corrected chi connectivity index (χ0v) is 21.8. The third-order valence-electron chi connectivity index (χ3n) is 8.04. The summed E-state index contributed by atoms with van der Waals surface area (Å²) in [5.74, 6) is -2.94. The number of ketones is 1. The summed E-state index contributed by atoms with van der Waals surface area (Å²) >= 11 is 0. The Morgan fingerprint density at radius 2 is 1.27 bits per heavy atom. The summed E-state index contributed by atoms with van der Waals surface area (Å²) in [4.78, 5) is 57.4. The molecule has 3 aliphatic heterocycles. The quantitative estimate of drug-likeness (QED) is 0.155. The molecule has 4 aromatic carbocycles. The van der Waals surface area contributed by atoms with Crippen molar-refractivity contribution in [2.75, 3.05) is 9.80 Å². The van der Waals surface area contributed by atoms with Crippen LogP contribution in [0.25, 0.3) is 6.08 Å². The van der Waals surface area contributed by atoms with Crippen LogP contribution in [0.15, 0.2) is 115 Å². The molecule has 3 heterocycles. The molecule has 4 unspecified atom stereocenters. The van der Waals surface area contributed by atoms with Gasteiger partial charge in [-0.2, -0.15) is 0 Å². The van der Waals surface area contributed by atoms with E-state index in [1.54, 1.807) is 72.8 Å². The van der Waals surface area contributed by atoms with E-state index in [0.717, 1.165) is 11.3 Å². The summed E-state index contributed by atoms with van der Waals surface area (Å²) < 4.78 is 5.84. The average molecular weight is 541 g/mol. The fourth-order valence-electron chi connectivity index (χ4n) is 6.22. The molecule has 7 rings (SSSR count). The van der Waals surface area contributed by atoms with Gasteiger partial charge in [0.2, 0.25) is 11.8 Å². The summed E-state index contributed by atoms with van der Waals surface area (Å²) in [5, 5.41) is 0. The number of rotatable bonds is 5. The van der Waals surface area contributed by atoms with Crippen LogP contribution in [-0.2, 0) is 14.4 Å². The molecular weight excluding hydrogens is 516 g/mol. The molecule has 0 aromatic heterocycles. The predicted octanol–water partition coefficient (Wildman–Crippen LogP) is 4.91. The van der Waals surface area contributed by atoms with Gasteiger partial charge in [0.15, 0.2) is 5.78 Å². The third-order valence-corrected chi connectivity index (χ3v) is 8.04. The first-order valence-electron chi connectivity index (χ1n) is 13.4. The molecule has 0 saturated carbocycles. The van der Waals surface area contributed by atoms with E-state index < -0.39 is 35.8 Å². The van der Waals surface area contributed by atoms with Crippen molar-refractivity contribution in [3.63, 3.8) is 0 Å². The topological polar surface area (TPSA) is 84.0 Å². The highest BCUT2D eigenvalue weighted by Gasteiger charge is 2.65. The lowest BCUT2D eigenvalue weighted by Gasteiger charge is -2.36. The fourth-order valence-corrected chi connectivity index (χ4v) is 6.22. The molecule has 4 atom stereocenters. The van der Waals surface area contributed by atoms with Gasteiger partial charge in [0.1, 0.15) is 11.8 Å². The number of para-hydroxylation sites is 2. The van der Waals surface area contributed by atoms with E-state index in [1.807, 2.05) is 53.5 Å². The highest BCUT2D eigenvalue weighted by molar-refractivity contribution is 6.24. The molecule has 7 nitrogen and oxygen atoms in total. The first kappa shape index (κ1) is 24.7. The van der Waals surface area contributed by atoms with Gasteiger partial charge in [-0.15, -0.1) is 0 Å². The maximum atomic E-state index is 13.9. The van der Waals surface area contributed by atoms with Gasteiger partial charge in [0.05, 0.1) is 23.6 Å². The number of fused-ring (bicyclic) bond motifs is 5. The molecule has 2 amide bonds. The van der Waals surface area contributed by atoms with Gasteiger partial charge in [-0.1, -0.05) is 78.9 Å². The van der Waals surface area contributed by atoms with Crippen molar-refractivity contribution in [2.24, 2.45) is 11.8 Å². The van der Waals surface area contributed by atoms with Crippen LogP contribution >= 0.6 is 0 Å². The number of hydrogen-bond acceptors (Lipinski definition) is 6. The van der Waals surface area contributed by atoms with Gasteiger partial charge in [-0.25, -0.2) is 9.69 Å². The highest BCUT2D eigenvalue weighted by atomic mass is 16.5. The van der Waals surface area contributed by atoms with Crippen molar-refractivity contribution in [3.05, 3.63) is 132 Å². The van der Waals surface area contributed by atoms with Crippen LogP contribution in [0.2, 0.25) is 0 Å². The number of amides is 2. The van der Waals surface area contributed by atoms with Crippen LogP contribution < -0.4 is 14.5 Å². The lowest BCUT2D eigenvalue weighted by atomic mass is 9.89. The summed E-state index contributed by atoms with van der Waals surface area (Å²) in [6.45, 7) is 0. The van der Waals surface area contributed by atoms with Crippen molar-refractivity contribution < 1.29 is 23.9 Å². The molecule has 41 heavy (non-hydrogen) atoms. The van der Waals surface area contributed by atoms with Gasteiger partial charge in [0, 0.05) is 16.8 Å². The number of benzene rings is 4. The summed E-state index contributed by atoms with van der Waals surface area (Å²) in [6, 6.07) is 30.2. The lowest BCUT2D eigenvalue weighted by molar-refractivity contribution is -0.139. The number of hydrogen-bond donors (Lipinski definition) is 0. The monoisotopic (exact) mass is 540 g/mol. The number of imide groups is 1. The molecule has 0 spiro atoms. The van der Waals surface area contributed by atoms with Gasteiger partial charge >= 0.3 is 5.97 Å². The van der Waals surface area contributed by atoms with Crippen molar-refractivity contribution in [2.45, 2.75) is 12.1 Å². The van der Waals surface area contributed by atoms with Gasteiger partial charge in [0.25, 0.3) is 0 Å². The molecule has 3 aliphatic rings. The maximum absolute atomic E-state index is 13.9. The first-order chi connectivity index (χ1) is 20.0. The molecule has 0 bridgehead atoms. The standard InChI is InChI=1S/C34H24N2O5/c37-31(22-10-3-1-4-11-22)23-15-18-25(19-16-23)41-34(40)30-29-28(27-20-17-21-9-7-8-14-26(21)36(27)30)32(38)35(33(29)39)24-12-5-2-6-13-24/h1-20,27-30H. The summed E-state index contributed by atoms with van der Waals surface area (Å²) in [7, 11) is 0. The zero-order chi connectivity index (χ0) is 28.1. The van der Waals surface area contributed by atoms with E-state index in [4.69, 9.17) is 4.74 Å². The van der Waals surface area contributed by atoms with Gasteiger partial charge < -0.3 is 9.64 Å². The van der Waals surface area contributed by atoms with E-state index in [2.05, 4.69) is 0 Å². The Kier molecular flexibility index (Phi) is 5.86. The SMILES string of the molecule is O=C(c1ccccc1)c1ccc(OC(=O)C2C3C(=O)N(c4ccccc4)C(=O)C3C3C=Cc4ccccc4N32)cc1. The largest absolute Gasteiger partial charge is 0.425 e. The fraction of sp³-hybridized carbons (Fsp3) is 0.118. The van der Waals surface area contributed by atoms with Crippen LogP contribution in [0, 0.1) is 11.8 Å². The number of esters is 1. The Bertz CT molecular complexity index is 1720. The Morgan fingerprint density at radius 1 is 0.659 bits per heavy atom. The highest BCUT2D eigenvalue weighted by Crippen LogP contribution is 2.49. The van der Waals surface area contributed by atoms with E-state index in [1.165, 1.54) is 4.90 Å². The van der Waals surface area contributed by atoms with Crippen molar-refractivity contribution >= 4 is 41.0 Å². The molecule has 4 aromatic rings. The molecule has 7 heteroatoms. The van der Waals surface area contributed by atoms with Gasteiger partial charge in [-0.05, 0) is 48.0 Å².